The zero-order chi connectivity index (χ0) is 13.0. The van der Waals surface area contributed by atoms with Crippen molar-refractivity contribution in [2.75, 3.05) is 18.8 Å². The molecule has 0 aliphatic carbocycles. The summed E-state index contributed by atoms with van der Waals surface area (Å²) in [5, 5.41) is 3.30. The third-order valence-corrected chi connectivity index (χ3v) is 4.37. The number of hydrogen-bond donors (Lipinski definition) is 1. The molecule has 1 nitrogen and oxygen atoms in total. The molecule has 0 atom stereocenters. The standard InChI is InChI=1S/C13H16F3NS/c14-13(15,16)11-1-3-12(4-2-11)18-9-10-5-7-17-8-6-10/h1-4,10,17H,5-9H2. The molecule has 18 heavy (non-hydrogen) atoms. The van der Waals surface area contributed by atoms with Gasteiger partial charge in [0.25, 0.3) is 0 Å². The minimum atomic E-state index is -4.24. The van der Waals surface area contributed by atoms with Crippen molar-refractivity contribution < 1.29 is 13.2 Å². The quantitative estimate of drug-likeness (QED) is 0.842. The second kappa shape index (κ2) is 5.97. The maximum absolute atomic E-state index is 12.4. The fraction of sp³-hybridized carbons (Fsp3) is 0.538. The van der Waals surface area contributed by atoms with E-state index in [-0.39, 0.29) is 0 Å². The van der Waals surface area contributed by atoms with E-state index in [0.717, 1.165) is 48.7 Å². The molecule has 1 saturated heterocycles. The molecule has 0 aromatic heterocycles. The fourth-order valence-electron chi connectivity index (χ4n) is 2.00. The van der Waals surface area contributed by atoms with Crippen molar-refractivity contribution in [1.82, 2.24) is 5.32 Å². The maximum Gasteiger partial charge on any atom is 0.416 e. The molecule has 1 aromatic rings. The van der Waals surface area contributed by atoms with Crippen LogP contribution < -0.4 is 5.32 Å². The van der Waals surface area contributed by atoms with Gasteiger partial charge in [-0.3, -0.25) is 0 Å². The molecule has 1 N–H and O–H groups in total. The number of rotatable bonds is 3. The predicted octanol–water partition coefficient (Wildman–Crippen LogP) is 3.80. The molecular weight excluding hydrogens is 259 g/mol. The molecule has 0 radical (unpaired) electrons. The molecule has 1 aliphatic rings. The van der Waals surface area contributed by atoms with Gasteiger partial charge in [0.1, 0.15) is 0 Å². The summed E-state index contributed by atoms with van der Waals surface area (Å²) in [7, 11) is 0. The first kappa shape index (κ1) is 13.7. The molecule has 0 bridgehead atoms. The van der Waals surface area contributed by atoms with E-state index < -0.39 is 11.7 Å². The third-order valence-electron chi connectivity index (χ3n) is 3.13. The molecule has 1 fully saturated rings. The first-order valence-electron chi connectivity index (χ1n) is 6.06. The van der Waals surface area contributed by atoms with Gasteiger partial charge in [0.15, 0.2) is 0 Å². The topological polar surface area (TPSA) is 12.0 Å². The third kappa shape index (κ3) is 3.92. The molecular formula is C13H16F3NS. The Hall–Kier alpha value is -0.680. The summed E-state index contributed by atoms with van der Waals surface area (Å²) < 4.78 is 37.1. The highest BCUT2D eigenvalue weighted by Gasteiger charge is 2.29. The fourth-order valence-corrected chi connectivity index (χ4v) is 3.09. The van der Waals surface area contributed by atoms with Crippen LogP contribution in [-0.4, -0.2) is 18.8 Å². The zero-order valence-electron chi connectivity index (χ0n) is 9.96. The summed E-state index contributed by atoms with van der Waals surface area (Å²) in [5.41, 5.74) is -0.575. The Bertz CT molecular complexity index is 369. The highest BCUT2D eigenvalue weighted by molar-refractivity contribution is 7.99. The average Bonchev–Trinajstić information content (AvgIpc) is 2.37. The smallest absolute Gasteiger partial charge is 0.317 e. The number of thioether (sulfide) groups is 1. The average molecular weight is 275 g/mol. The summed E-state index contributed by atoms with van der Waals surface area (Å²) >= 11 is 1.65. The molecule has 0 amide bonds. The lowest BCUT2D eigenvalue weighted by molar-refractivity contribution is -0.137. The minimum Gasteiger partial charge on any atom is -0.317 e. The summed E-state index contributed by atoms with van der Waals surface area (Å²) in [4.78, 5) is 0.918. The number of piperidine rings is 1. The second-order valence-electron chi connectivity index (χ2n) is 4.53. The first-order chi connectivity index (χ1) is 8.55. The van der Waals surface area contributed by atoms with Gasteiger partial charge < -0.3 is 5.32 Å². The van der Waals surface area contributed by atoms with Crippen molar-refractivity contribution in [3.63, 3.8) is 0 Å². The Morgan fingerprint density at radius 2 is 1.72 bits per heavy atom. The monoisotopic (exact) mass is 275 g/mol. The van der Waals surface area contributed by atoms with Crippen LogP contribution in [0, 0.1) is 5.92 Å². The zero-order valence-corrected chi connectivity index (χ0v) is 10.8. The Morgan fingerprint density at radius 3 is 2.28 bits per heavy atom. The maximum atomic E-state index is 12.4. The number of alkyl halides is 3. The van der Waals surface area contributed by atoms with Crippen molar-refractivity contribution in [1.29, 1.82) is 0 Å². The van der Waals surface area contributed by atoms with Crippen molar-refractivity contribution in [3.8, 4) is 0 Å². The largest absolute Gasteiger partial charge is 0.416 e. The summed E-state index contributed by atoms with van der Waals surface area (Å²) in [6.45, 7) is 2.11. The van der Waals surface area contributed by atoms with Gasteiger partial charge in [-0.05, 0) is 56.1 Å². The van der Waals surface area contributed by atoms with Gasteiger partial charge in [-0.1, -0.05) is 0 Å². The molecule has 100 valence electrons. The van der Waals surface area contributed by atoms with Gasteiger partial charge in [-0.2, -0.15) is 13.2 Å². The predicted molar refractivity (Wildman–Crippen MR) is 67.8 cm³/mol. The number of benzene rings is 1. The van der Waals surface area contributed by atoms with E-state index >= 15 is 0 Å². The van der Waals surface area contributed by atoms with Crippen LogP contribution in [0.15, 0.2) is 29.2 Å². The van der Waals surface area contributed by atoms with Gasteiger partial charge >= 0.3 is 6.18 Å². The summed E-state index contributed by atoms with van der Waals surface area (Å²) in [6, 6.07) is 5.44. The van der Waals surface area contributed by atoms with Gasteiger partial charge in [0, 0.05) is 10.6 Å². The van der Waals surface area contributed by atoms with Crippen molar-refractivity contribution in [2.24, 2.45) is 5.92 Å². The minimum absolute atomic E-state index is 0.575. The highest BCUT2D eigenvalue weighted by atomic mass is 32.2. The van der Waals surface area contributed by atoms with Gasteiger partial charge in [-0.25, -0.2) is 0 Å². The Morgan fingerprint density at radius 1 is 1.11 bits per heavy atom. The molecule has 5 heteroatoms. The van der Waals surface area contributed by atoms with E-state index in [9.17, 15) is 13.2 Å². The van der Waals surface area contributed by atoms with E-state index in [1.54, 1.807) is 23.9 Å². The Kier molecular flexibility index (Phi) is 4.56. The van der Waals surface area contributed by atoms with Crippen LogP contribution in [0.4, 0.5) is 13.2 Å². The van der Waals surface area contributed by atoms with Crippen LogP contribution in [0.5, 0.6) is 0 Å². The van der Waals surface area contributed by atoms with Crippen LogP contribution in [0.25, 0.3) is 0 Å². The first-order valence-corrected chi connectivity index (χ1v) is 7.05. The van der Waals surface area contributed by atoms with Crippen LogP contribution in [0.2, 0.25) is 0 Å². The molecule has 1 heterocycles. The van der Waals surface area contributed by atoms with Crippen LogP contribution >= 0.6 is 11.8 Å². The van der Waals surface area contributed by atoms with Gasteiger partial charge in [-0.15, -0.1) is 11.8 Å². The lowest BCUT2D eigenvalue weighted by Crippen LogP contribution is -2.28. The highest BCUT2D eigenvalue weighted by Crippen LogP contribution is 2.31. The lowest BCUT2D eigenvalue weighted by Gasteiger charge is -2.22. The molecule has 0 spiro atoms. The number of hydrogen-bond acceptors (Lipinski definition) is 2. The second-order valence-corrected chi connectivity index (χ2v) is 5.62. The molecule has 1 aliphatic heterocycles. The van der Waals surface area contributed by atoms with Crippen molar-refractivity contribution >= 4 is 11.8 Å². The Labute approximate surface area is 109 Å². The molecule has 0 saturated carbocycles. The van der Waals surface area contributed by atoms with Crippen molar-refractivity contribution in [2.45, 2.75) is 23.9 Å². The van der Waals surface area contributed by atoms with Crippen molar-refractivity contribution in [3.05, 3.63) is 29.8 Å². The van der Waals surface area contributed by atoms with E-state index in [4.69, 9.17) is 0 Å². The lowest BCUT2D eigenvalue weighted by atomic mass is 10.0. The van der Waals surface area contributed by atoms with Gasteiger partial charge in [0.2, 0.25) is 0 Å². The Balaban J connectivity index is 1.86. The SMILES string of the molecule is FC(F)(F)c1ccc(SCC2CCNCC2)cc1. The van der Waals surface area contributed by atoms with E-state index in [0.29, 0.717) is 5.92 Å². The van der Waals surface area contributed by atoms with E-state index in [1.807, 2.05) is 0 Å². The van der Waals surface area contributed by atoms with Crippen LogP contribution in [0.1, 0.15) is 18.4 Å². The van der Waals surface area contributed by atoms with Crippen LogP contribution in [-0.2, 0) is 6.18 Å². The van der Waals surface area contributed by atoms with Gasteiger partial charge in [0.05, 0.1) is 5.56 Å². The number of nitrogens with one attached hydrogen (secondary N) is 1. The van der Waals surface area contributed by atoms with Crippen LogP contribution in [0.3, 0.4) is 0 Å². The normalized spacial score (nSPS) is 17.9. The number of halogens is 3. The summed E-state index contributed by atoms with van der Waals surface area (Å²) in [6.07, 6.45) is -1.92. The molecule has 2 rings (SSSR count). The molecule has 1 aromatic carbocycles. The molecule has 0 unspecified atom stereocenters. The summed E-state index contributed by atoms with van der Waals surface area (Å²) in [5.74, 6) is 1.67. The van der Waals surface area contributed by atoms with E-state index in [2.05, 4.69) is 5.32 Å². The van der Waals surface area contributed by atoms with E-state index in [1.165, 1.54) is 0 Å².